The van der Waals surface area contributed by atoms with Crippen LogP contribution in [0.5, 0.6) is 0 Å². The smallest absolute Gasteiger partial charge is 0.252 e. The molecule has 3 heteroatoms. The van der Waals surface area contributed by atoms with Gasteiger partial charge in [-0.15, -0.1) is 0 Å². The van der Waals surface area contributed by atoms with E-state index in [0.29, 0.717) is 11.8 Å². The minimum Gasteiger partial charge on any atom is -0.252 e. The summed E-state index contributed by atoms with van der Waals surface area (Å²) in [7, 11) is 0. The number of aromatic nitrogens is 2. The van der Waals surface area contributed by atoms with E-state index >= 15 is 0 Å². The molecule has 0 atom stereocenters. The van der Waals surface area contributed by atoms with Gasteiger partial charge in [0.05, 0.1) is 11.0 Å². The minimum absolute atomic E-state index is 0. The van der Waals surface area contributed by atoms with Crippen LogP contribution in [0.1, 0.15) is 61.3 Å². The van der Waals surface area contributed by atoms with Gasteiger partial charge in [-0.2, -0.15) is 0 Å². The van der Waals surface area contributed by atoms with Gasteiger partial charge < -0.3 is 0 Å². The molecule has 0 fully saturated rings. The van der Waals surface area contributed by atoms with Crippen LogP contribution in [0, 0.1) is 39.5 Å². The first-order valence-electron chi connectivity index (χ1n) is 16.0. The molecule has 0 saturated heterocycles. The summed E-state index contributed by atoms with van der Waals surface area (Å²) < 4.78 is 0. The van der Waals surface area contributed by atoms with Crippen molar-refractivity contribution in [3.05, 3.63) is 131 Å². The van der Waals surface area contributed by atoms with Gasteiger partial charge >= 0.3 is 20.1 Å². The molecule has 2 aromatic heterocycles. The topological polar surface area (TPSA) is 25.8 Å². The van der Waals surface area contributed by atoms with Gasteiger partial charge in [-0.3, -0.25) is 9.97 Å². The van der Waals surface area contributed by atoms with E-state index < -0.39 is 0 Å². The Morgan fingerprint density at radius 3 is 1.22 bits per heavy atom. The summed E-state index contributed by atoms with van der Waals surface area (Å²) in [6.45, 7) is 17.8. The Morgan fingerprint density at radius 2 is 0.844 bits per heavy atom. The molecule has 0 aliphatic rings. The van der Waals surface area contributed by atoms with Gasteiger partial charge in [-0.05, 0) is 110 Å². The predicted octanol–water partition coefficient (Wildman–Crippen LogP) is 11.4. The van der Waals surface area contributed by atoms with E-state index in [1.807, 2.05) is 0 Å². The third kappa shape index (κ3) is 7.96. The molecule has 6 rings (SSSR count). The number of benzene rings is 4. The maximum Gasteiger partial charge on any atom is 3.00 e. The summed E-state index contributed by atoms with van der Waals surface area (Å²) in [5.74, 6) is 1.19. The largest absolute Gasteiger partial charge is 3.00 e. The maximum absolute atomic E-state index is 4.96. The van der Waals surface area contributed by atoms with Crippen molar-refractivity contribution in [3.8, 4) is 22.3 Å². The average Bonchev–Trinajstić information content (AvgIpc) is 2.99. The summed E-state index contributed by atoms with van der Waals surface area (Å²) in [6.07, 6.45) is 2.01. The van der Waals surface area contributed by atoms with Crippen LogP contribution in [-0.2, 0) is 32.9 Å². The predicted molar refractivity (Wildman–Crippen MR) is 190 cm³/mol. The molecule has 0 unspecified atom stereocenters. The Bertz CT molecular complexity index is 1780. The van der Waals surface area contributed by atoms with Crippen LogP contribution in [0.3, 0.4) is 0 Å². The second kappa shape index (κ2) is 15.1. The van der Waals surface area contributed by atoms with Gasteiger partial charge in [0.1, 0.15) is 0 Å². The van der Waals surface area contributed by atoms with E-state index in [4.69, 9.17) is 9.97 Å². The van der Waals surface area contributed by atoms with E-state index in [1.54, 1.807) is 0 Å². The van der Waals surface area contributed by atoms with Crippen LogP contribution in [0.15, 0.2) is 97.1 Å². The molecule has 45 heavy (non-hydrogen) atoms. The van der Waals surface area contributed by atoms with Gasteiger partial charge in [-0.1, -0.05) is 100 Å². The molecule has 0 aliphatic carbocycles. The normalized spacial score (nSPS) is 11.1. The first-order chi connectivity index (χ1) is 21.1. The number of para-hydroxylation sites is 2. The molecule has 0 bridgehead atoms. The number of rotatable bonds is 6. The van der Waals surface area contributed by atoms with Crippen molar-refractivity contribution in [1.29, 1.82) is 0 Å². The Labute approximate surface area is 283 Å². The molecule has 0 amide bonds. The fourth-order valence-corrected chi connectivity index (χ4v) is 5.95. The number of hydrogen-bond acceptors (Lipinski definition) is 2. The van der Waals surface area contributed by atoms with Crippen LogP contribution in [-0.4, -0.2) is 9.97 Å². The second-order valence-electron chi connectivity index (χ2n) is 13.0. The number of nitrogens with zero attached hydrogens (tertiary/aromatic N) is 2. The fourth-order valence-electron chi connectivity index (χ4n) is 5.95. The summed E-state index contributed by atoms with van der Waals surface area (Å²) in [4.78, 5) is 9.92. The standard InChI is InChI=1S/2C21H23N.Ir/c2*1-14(2)12-21-19(18-10-7-8-15(3)16(18)4)13-17-9-5-6-11-20(17)22-21;/h2*5-11,13-14H,12H2,1-4H3;/q;;+3. The Hall–Kier alpha value is -3.65. The summed E-state index contributed by atoms with van der Waals surface area (Å²) in [6, 6.07) is 34.5. The van der Waals surface area contributed by atoms with Crippen LogP contribution >= 0.6 is 0 Å². The van der Waals surface area contributed by atoms with E-state index in [0.717, 1.165) is 23.9 Å². The molecule has 0 aliphatic heterocycles. The molecule has 4 aromatic carbocycles. The van der Waals surface area contributed by atoms with Gasteiger partial charge in [0, 0.05) is 33.3 Å². The number of pyridine rings is 2. The Balaban J connectivity index is 0.000000200. The fraction of sp³-hybridized carbons (Fsp3) is 0.286. The van der Waals surface area contributed by atoms with Crippen LogP contribution in [0.4, 0.5) is 0 Å². The molecular formula is C42H46IrN2+3. The molecule has 2 heterocycles. The molecule has 6 aromatic rings. The second-order valence-corrected chi connectivity index (χ2v) is 13.0. The zero-order valence-electron chi connectivity index (χ0n) is 28.0. The molecule has 230 valence electrons. The monoisotopic (exact) mass is 771 g/mol. The van der Waals surface area contributed by atoms with Gasteiger partial charge in [-0.25, -0.2) is 0 Å². The van der Waals surface area contributed by atoms with E-state index in [9.17, 15) is 0 Å². The van der Waals surface area contributed by atoms with Crippen molar-refractivity contribution in [2.45, 2.75) is 68.2 Å². The number of fused-ring (bicyclic) bond motifs is 2. The first-order valence-corrected chi connectivity index (χ1v) is 16.0. The molecule has 0 spiro atoms. The van der Waals surface area contributed by atoms with E-state index in [-0.39, 0.29) is 20.1 Å². The molecule has 2 nitrogen and oxygen atoms in total. The van der Waals surface area contributed by atoms with Gasteiger partial charge in [0.15, 0.2) is 0 Å². The zero-order valence-corrected chi connectivity index (χ0v) is 30.4. The Morgan fingerprint density at radius 1 is 0.467 bits per heavy atom. The molecular weight excluding hydrogens is 725 g/mol. The third-order valence-electron chi connectivity index (χ3n) is 8.60. The average molecular weight is 771 g/mol. The SMILES string of the molecule is Cc1cccc(-c2cc3ccccc3nc2CC(C)C)c1C.Cc1cccc(-c2cc3ccccc3nc2CC(C)C)c1C.[Ir+3]. The summed E-state index contributed by atoms with van der Waals surface area (Å²) in [5, 5.41) is 2.43. The van der Waals surface area contributed by atoms with Crippen LogP contribution in [0.25, 0.3) is 44.1 Å². The molecule has 0 saturated carbocycles. The molecule has 0 radical (unpaired) electrons. The maximum atomic E-state index is 4.96. The van der Waals surface area contributed by atoms with Crippen molar-refractivity contribution in [3.63, 3.8) is 0 Å². The van der Waals surface area contributed by atoms with Crippen molar-refractivity contribution in [1.82, 2.24) is 9.97 Å². The zero-order chi connectivity index (χ0) is 31.4. The summed E-state index contributed by atoms with van der Waals surface area (Å²) in [5.41, 5.74) is 15.2. The summed E-state index contributed by atoms with van der Waals surface area (Å²) >= 11 is 0. The van der Waals surface area contributed by atoms with E-state index in [1.165, 1.54) is 66.7 Å². The molecule has 0 N–H and O–H groups in total. The third-order valence-corrected chi connectivity index (χ3v) is 8.60. The van der Waals surface area contributed by atoms with E-state index in [2.05, 4.69) is 152 Å². The van der Waals surface area contributed by atoms with Gasteiger partial charge in [0.2, 0.25) is 0 Å². The minimum atomic E-state index is 0. The van der Waals surface area contributed by atoms with Crippen molar-refractivity contribution >= 4 is 21.8 Å². The Kier molecular flexibility index (Phi) is 11.5. The van der Waals surface area contributed by atoms with Gasteiger partial charge in [0.25, 0.3) is 0 Å². The number of hydrogen-bond donors (Lipinski definition) is 0. The van der Waals surface area contributed by atoms with Crippen molar-refractivity contribution in [2.24, 2.45) is 11.8 Å². The van der Waals surface area contributed by atoms with Crippen LogP contribution < -0.4 is 0 Å². The van der Waals surface area contributed by atoms with Crippen molar-refractivity contribution in [2.75, 3.05) is 0 Å². The van der Waals surface area contributed by atoms with Crippen molar-refractivity contribution < 1.29 is 20.1 Å². The quantitative estimate of drug-likeness (QED) is 0.169. The number of aryl methyl sites for hydroxylation is 2. The first kappa shape index (κ1) is 34.2. The van der Waals surface area contributed by atoms with Crippen LogP contribution in [0.2, 0.25) is 0 Å².